The van der Waals surface area contributed by atoms with Crippen LogP contribution >= 0.6 is 36.9 Å². The van der Waals surface area contributed by atoms with Gasteiger partial charge < -0.3 is 5.09 Å². The average Bonchev–Trinajstić information content (AvgIpc) is 1.94. The molecule has 0 radical (unpaired) electrons. The lowest BCUT2D eigenvalue weighted by Crippen LogP contribution is -1.89. The van der Waals surface area contributed by atoms with Gasteiger partial charge in [-0.15, -0.1) is 0 Å². The van der Waals surface area contributed by atoms with E-state index in [9.17, 15) is 0 Å². The Labute approximate surface area is 74.0 Å². The highest BCUT2D eigenvalue weighted by Gasteiger charge is 1.99. The van der Waals surface area contributed by atoms with Crippen molar-refractivity contribution in [3.63, 3.8) is 0 Å². The van der Waals surface area contributed by atoms with Crippen LogP contribution in [-0.2, 0) is 0 Å². The fourth-order valence-electron chi connectivity index (χ4n) is 0.447. The summed E-state index contributed by atoms with van der Waals surface area (Å²) in [5, 5.41) is 3.00. The van der Waals surface area contributed by atoms with Crippen LogP contribution in [0.1, 0.15) is 0 Å². The minimum absolute atomic E-state index is 0.230. The predicted octanol–water partition coefficient (Wildman–Crippen LogP) is 2.09. The van der Waals surface area contributed by atoms with E-state index in [0.717, 1.165) is 4.47 Å². The lowest BCUT2D eigenvalue weighted by molar-refractivity contribution is 1.16. The molecule has 0 aliphatic rings. The van der Waals surface area contributed by atoms with Gasteiger partial charge in [0, 0.05) is 6.20 Å². The molecule has 1 aromatic heterocycles. The summed E-state index contributed by atoms with van der Waals surface area (Å²) in [5.74, 6) is 0.657. The summed E-state index contributed by atoms with van der Waals surface area (Å²) >= 11 is 8.73. The molecule has 0 fully saturated rings. The minimum atomic E-state index is 0.230. The Bertz CT molecular complexity index is 244. The van der Waals surface area contributed by atoms with Crippen molar-refractivity contribution in [2.45, 2.75) is 0 Å². The van der Waals surface area contributed by atoms with E-state index in [1.54, 1.807) is 6.20 Å². The first-order valence-corrected chi connectivity index (χ1v) is 4.13. The number of nitrogens with zero attached hydrogens (tertiary/aromatic N) is 2. The Morgan fingerprint density at radius 1 is 1.70 bits per heavy atom. The Morgan fingerprint density at radius 2 is 2.40 bits per heavy atom. The van der Waals surface area contributed by atoms with Gasteiger partial charge in [0.2, 0.25) is 5.28 Å². The van der Waals surface area contributed by atoms with Gasteiger partial charge >= 0.3 is 0 Å². The fraction of sp³-hybridized carbons (Fsp3) is 0. The number of anilines is 1. The molecule has 1 rings (SSSR count). The van der Waals surface area contributed by atoms with Crippen LogP contribution in [0.4, 0.5) is 5.82 Å². The Balaban J connectivity index is 3.09. The second-order valence-electron chi connectivity index (χ2n) is 1.48. The van der Waals surface area contributed by atoms with E-state index >= 15 is 0 Å². The van der Waals surface area contributed by atoms with Gasteiger partial charge in [-0.2, -0.15) is 4.98 Å². The molecule has 1 heterocycles. The zero-order chi connectivity index (χ0) is 7.56. The summed E-state index contributed by atoms with van der Waals surface area (Å²) < 4.78 is 0.784. The monoisotopic (exact) mass is 239 g/mol. The van der Waals surface area contributed by atoms with Gasteiger partial charge in [0.1, 0.15) is 5.82 Å². The average molecular weight is 240 g/mol. The van der Waals surface area contributed by atoms with Crippen molar-refractivity contribution in [3.8, 4) is 0 Å². The Hall–Kier alpha value is 0.0800. The summed E-state index contributed by atoms with van der Waals surface area (Å²) in [4.78, 5) is 7.61. The topological polar surface area (TPSA) is 37.8 Å². The van der Waals surface area contributed by atoms with E-state index in [1.165, 1.54) is 0 Å². The summed E-state index contributed by atoms with van der Waals surface area (Å²) in [6.45, 7) is 0. The van der Waals surface area contributed by atoms with Crippen LogP contribution < -0.4 is 5.09 Å². The largest absolute Gasteiger partial charge is 0.353 e. The highest BCUT2D eigenvalue weighted by Crippen LogP contribution is 2.20. The third-order valence-corrected chi connectivity index (χ3v) is 1.89. The SMILES string of the molecule is PNc1nc(Cl)ncc1Br. The van der Waals surface area contributed by atoms with Crippen molar-refractivity contribution in [2.75, 3.05) is 5.09 Å². The van der Waals surface area contributed by atoms with Crippen LogP contribution in [0.25, 0.3) is 0 Å². The molecule has 1 aromatic rings. The summed E-state index contributed by atoms with van der Waals surface area (Å²) in [7, 11) is 2.32. The third-order valence-electron chi connectivity index (χ3n) is 0.851. The maximum atomic E-state index is 5.50. The molecule has 54 valence electrons. The summed E-state index contributed by atoms with van der Waals surface area (Å²) in [5.41, 5.74) is 0. The smallest absolute Gasteiger partial charge is 0.224 e. The second kappa shape index (κ2) is 3.46. The molecule has 0 amide bonds. The molecule has 3 nitrogen and oxygen atoms in total. The number of rotatable bonds is 1. The van der Waals surface area contributed by atoms with Crippen molar-refractivity contribution in [3.05, 3.63) is 16.0 Å². The van der Waals surface area contributed by atoms with Gasteiger partial charge in [-0.05, 0) is 36.9 Å². The first kappa shape index (κ1) is 8.18. The number of nitrogens with one attached hydrogen (secondary N) is 1. The Morgan fingerprint density at radius 3 is 2.90 bits per heavy atom. The molecule has 10 heavy (non-hydrogen) atoms. The van der Waals surface area contributed by atoms with Crippen molar-refractivity contribution in [2.24, 2.45) is 0 Å². The van der Waals surface area contributed by atoms with E-state index in [2.05, 4.69) is 40.4 Å². The van der Waals surface area contributed by atoms with E-state index in [4.69, 9.17) is 11.6 Å². The molecule has 0 aliphatic carbocycles. The molecule has 0 aliphatic heterocycles. The van der Waals surface area contributed by atoms with Gasteiger partial charge in [0.25, 0.3) is 0 Å². The first-order valence-electron chi connectivity index (χ1n) is 2.38. The van der Waals surface area contributed by atoms with Crippen LogP contribution in [0.15, 0.2) is 10.7 Å². The van der Waals surface area contributed by atoms with Gasteiger partial charge in [0.15, 0.2) is 0 Å². The van der Waals surface area contributed by atoms with Crippen LogP contribution in [0, 0.1) is 0 Å². The Kier molecular flexibility index (Phi) is 2.83. The standard InChI is InChI=1S/C4H4BrClN3P/c5-2-1-7-4(6)8-3(2)9-10/h1H,10H2,(H,7,8,9). The van der Waals surface area contributed by atoms with Crippen molar-refractivity contribution >= 4 is 42.7 Å². The number of aromatic nitrogens is 2. The van der Waals surface area contributed by atoms with Gasteiger partial charge in [0.05, 0.1) is 4.47 Å². The molecular weight excluding hydrogens is 236 g/mol. The molecule has 0 bridgehead atoms. The fourth-order valence-corrected chi connectivity index (χ4v) is 1.32. The molecular formula is C4H4BrClN3P. The summed E-state index contributed by atoms with van der Waals surface area (Å²) in [6, 6.07) is 0. The highest BCUT2D eigenvalue weighted by molar-refractivity contribution is 9.10. The molecule has 0 saturated heterocycles. The lowest BCUT2D eigenvalue weighted by atomic mass is 10.6. The van der Waals surface area contributed by atoms with Crippen molar-refractivity contribution in [1.29, 1.82) is 0 Å². The molecule has 0 saturated carbocycles. The van der Waals surface area contributed by atoms with Crippen LogP contribution in [0.2, 0.25) is 5.28 Å². The number of hydrogen-bond donors (Lipinski definition) is 1. The minimum Gasteiger partial charge on any atom is -0.353 e. The predicted molar refractivity (Wildman–Crippen MR) is 48.1 cm³/mol. The van der Waals surface area contributed by atoms with Crippen LogP contribution in [0.3, 0.4) is 0 Å². The molecule has 1 unspecified atom stereocenters. The molecule has 0 spiro atoms. The second-order valence-corrected chi connectivity index (χ2v) is 2.96. The quantitative estimate of drug-likeness (QED) is 0.603. The molecule has 1 N–H and O–H groups in total. The molecule has 1 atom stereocenters. The van der Waals surface area contributed by atoms with E-state index < -0.39 is 0 Å². The van der Waals surface area contributed by atoms with Gasteiger partial charge in [-0.3, -0.25) is 0 Å². The third kappa shape index (κ3) is 1.78. The van der Waals surface area contributed by atoms with Crippen LogP contribution in [0.5, 0.6) is 0 Å². The maximum absolute atomic E-state index is 5.50. The highest BCUT2D eigenvalue weighted by atomic mass is 79.9. The zero-order valence-corrected chi connectivity index (χ0v) is 8.30. The molecule has 6 heteroatoms. The zero-order valence-electron chi connectivity index (χ0n) is 4.81. The normalized spacial score (nSPS) is 9.50. The lowest BCUT2D eigenvalue weighted by Gasteiger charge is -1.99. The maximum Gasteiger partial charge on any atom is 0.224 e. The number of halogens is 2. The van der Waals surface area contributed by atoms with E-state index in [0.29, 0.717) is 5.82 Å². The van der Waals surface area contributed by atoms with Crippen molar-refractivity contribution < 1.29 is 0 Å². The molecule has 0 aromatic carbocycles. The first-order chi connectivity index (χ1) is 4.74. The van der Waals surface area contributed by atoms with Gasteiger partial charge in [-0.25, -0.2) is 4.98 Å². The van der Waals surface area contributed by atoms with E-state index in [1.807, 2.05) is 0 Å². The van der Waals surface area contributed by atoms with Crippen LogP contribution in [-0.4, -0.2) is 9.97 Å². The van der Waals surface area contributed by atoms with E-state index in [-0.39, 0.29) is 5.28 Å². The van der Waals surface area contributed by atoms with Crippen molar-refractivity contribution in [1.82, 2.24) is 9.97 Å². The number of hydrogen-bond acceptors (Lipinski definition) is 3. The van der Waals surface area contributed by atoms with Gasteiger partial charge in [-0.1, -0.05) is 0 Å². The summed E-state index contributed by atoms with van der Waals surface area (Å²) in [6.07, 6.45) is 1.59.